The summed E-state index contributed by atoms with van der Waals surface area (Å²) in [5.74, 6) is -0.783. The lowest BCUT2D eigenvalue weighted by atomic mass is 9.86. The van der Waals surface area contributed by atoms with Crippen molar-refractivity contribution < 1.29 is 8.78 Å². The van der Waals surface area contributed by atoms with Gasteiger partial charge in [-0.3, -0.25) is 18.4 Å². The number of benzene rings is 7. The largest absolute Gasteiger partial charge is 0.339 e. The molecule has 4 heterocycles. The van der Waals surface area contributed by atoms with Gasteiger partial charge in [0.1, 0.15) is 22.9 Å². The highest BCUT2D eigenvalue weighted by Crippen LogP contribution is 2.47. The van der Waals surface area contributed by atoms with Gasteiger partial charge < -0.3 is 9.97 Å². The summed E-state index contributed by atoms with van der Waals surface area (Å²) in [4.78, 5) is 35.2. The number of aromatic nitrogens is 4. The number of nitrogens with one attached hydrogen (secondary N) is 2. The van der Waals surface area contributed by atoms with Crippen LogP contribution in [0.2, 0.25) is 0 Å². The van der Waals surface area contributed by atoms with Crippen LogP contribution in [0.25, 0.3) is 98.0 Å². The SMILES string of the molecule is O=c1c2c(cc3cc4c(=O)n5c6ccc(F)cc6[nH]c5c4c4c5cccc6cccc(c65)c2c34)c2[nH]c3cc(F)ccc3n12. The molecule has 6 nitrogen and oxygen atoms in total. The van der Waals surface area contributed by atoms with Crippen molar-refractivity contribution in [3.8, 4) is 0 Å². The highest BCUT2D eigenvalue weighted by atomic mass is 19.1. The molecule has 0 aliphatic heterocycles. The number of hydrogen-bond acceptors (Lipinski definition) is 2. The minimum atomic E-state index is -0.392. The molecular formula is C36H16F2N4O2. The van der Waals surface area contributed by atoms with Gasteiger partial charge in [0.2, 0.25) is 0 Å². The summed E-state index contributed by atoms with van der Waals surface area (Å²) in [5.41, 5.74) is 3.02. The summed E-state index contributed by atoms with van der Waals surface area (Å²) in [7, 11) is 0. The van der Waals surface area contributed by atoms with Crippen molar-refractivity contribution in [2.45, 2.75) is 0 Å². The maximum Gasteiger partial charge on any atom is 0.265 e. The molecule has 11 aromatic rings. The first-order valence-electron chi connectivity index (χ1n) is 14.2. The Morgan fingerprint density at radius 1 is 0.477 bits per heavy atom. The molecule has 0 unspecified atom stereocenters. The molecule has 4 aromatic heterocycles. The van der Waals surface area contributed by atoms with Crippen LogP contribution in [-0.2, 0) is 0 Å². The first kappa shape index (κ1) is 22.6. The van der Waals surface area contributed by atoms with Crippen molar-refractivity contribution in [1.82, 2.24) is 18.8 Å². The molecular weight excluding hydrogens is 558 g/mol. The Morgan fingerprint density at radius 2 is 1.07 bits per heavy atom. The number of aromatic amines is 2. The number of fused-ring (bicyclic) bond motifs is 14. The lowest BCUT2D eigenvalue weighted by Crippen LogP contribution is -2.06. The smallest absolute Gasteiger partial charge is 0.265 e. The van der Waals surface area contributed by atoms with Gasteiger partial charge in [0, 0.05) is 21.5 Å². The molecule has 0 bridgehead atoms. The fraction of sp³-hybridized carbons (Fsp3) is 0. The summed E-state index contributed by atoms with van der Waals surface area (Å²) in [6.07, 6.45) is 0. The minimum Gasteiger partial charge on any atom is -0.339 e. The van der Waals surface area contributed by atoms with Crippen LogP contribution in [0.5, 0.6) is 0 Å². The summed E-state index contributed by atoms with van der Waals surface area (Å²) >= 11 is 0. The second-order valence-electron chi connectivity index (χ2n) is 11.7. The van der Waals surface area contributed by atoms with Gasteiger partial charge >= 0.3 is 0 Å². The highest BCUT2D eigenvalue weighted by Gasteiger charge is 2.26. The zero-order chi connectivity index (χ0) is 29.2. The fourth-order valence-corrected chi connectivity index (χ4v) is 7.93. The lowest BCUT2D eigenvalue weighted by Gasteiger charge is -2.16. The molecule has 0 radical (unpaired) electrons. The first-order valence-corrected chi connectivity index (χ1v) is 14.2. The van der Waals surface area contributed by atoms with Crippen molar-refractivity contribution >= 4 is 98.0 Å². The van der Waals surface area contributed by atoms with Crippen molar-refractivity contribution in [1.29, 1.82) is 0 Å². The average Bonchev–Trinajstić information content (AvgIpc) is 3.73. The Labute approximate surface area is 242 Å². The Balaban J connectivity index is 1.51. The van der Waals surface area contributed by atoms with E-state index in [1.54, 1.807) is 20.9 Å². The van der Waals surface area contributed by atoms with E-state index in [9.17, 15) is 18.4 Å². The van der Waals surface area contributed by atoms with Crippen molar-refractivity contribution in [2.75, 3.05) is 0 Å². The lowest BCUT2D eigenvalue weighted by molar-refractivity contribution is 0.629. The molecule has 7 aromatic carbocycles. The number of nitrogens with zero attached hydrogens (tertiary/aromatic N) is 2. The third-order valence-electron chi connectivity index (χ3n) is 9.57. The van der Waals surface area contributed by atoms with E-state index < -0.39 is 11.6 Å². The normalized spacial score (nSPS) is 13.0. The Morgan fingerprint density at radius 3 is 1.75 bits per heavy atom. The molecule has 0 fully saturated rings. The molecule has 0 atom stereocenters. The van der Waals surface area contributed by atoms with Crippen LogP contribution in [0.3, 0.4) is 0 Å². The van der Waals surface area contributed by atoms with Crippen LogP contribution >= 0.6 is 0 Å². The molecule has 206 valence electrons. The van der Waals surface area contributed by atoms with E-state index >= 15 is 0 Å². The van der Waals surface area contributed by atoms with E-state index in [0.717, 1.165) is 48.5 Å². The number of rotatable bonds is 0. The number of H-pyrrole nitrogens is 2. The summed E-state index contributed by atoms with van der Waals surface area (Å²) in [5, 5.41) is 9.84. The number of hydrogen-bond donors (Lipinski definition) is 2. The van der Waals surface area contributed by atoms with E-state index in [2.05, 4.69) is 28.2 Å². The molecule has 0 saturated heterocycles. The standard InChI is InChI=1S/C36H16F2N4O2/c37-17-7-9-25-23(13-17)39-33-21-11-16-12-22-31(34-40-24-14-18(38)8-10-26(24)42(34)35(22)43)29-19-5-1-3-15-4-2-6-20(27(15)19)30(28(16)29)32(21)36(44)41(25)33/h1-14,39-40H. The summed E-state index contributed by atoms with van der Waals surface area (Å²) in [6, 6.07) is 24.8. The third-order valence-corrected chi connectivity index (χ3v) is 9.57. The van der Waals surface area contributed by atoms with Crippen molar-refractivity contribution in [3.05, 3.63) is 117 Å². The Hall–Kier alpha value is -6.02. The number of halogens is 2. The van der Waals surface area contributed by atoms with E-state index in [1.165, 1.54) is 24.3 Å². The second-order valence-corrected chi connectivity index (χ2v) is 11.7. The maximum absolute atomic E-state index is 14.4. The topological polar surface area (TPSA) is 74.5 Å². The van der Waals surface area contributed by atoms with Gasteiger partial charge in [0.05, 0.1) is 32.8 Å². The van der Waals surface area contributed by atoms with Crippen LogP contribution in [-0.4, -0.2) is 18.8 Å². The van der Waals surface area contributed by atoms with Gasteiger partial charge in [0.15, 0.2) is 0 Å². The van der Waals surface area contributed by atoms with Gasteiger partial charge in [-0.05, 0) is 80.8 Å². The van der Waals surface area contributed by atoms with Crippen molar-refractivity contribution in [3.63, 3.8) is 0 Å². The van der Waals surface area contributed by atoms with E-state index in [1.807, 2.05) is 30.3 Å². The quantitative estimate of drug-likeness (QED) is 0.143. The van der Waals surface area contributed by atoms with E-state index in [-0.39, 0.29) is 11.1 Å². The summed E-state index contributed by atoms with van der Waals surface area (Å²) in [6.45, 7) is 0. The average molecular weight is 575 g/mol. The predicted molar refractivity (Wildman–Crippen MR) is 172 cm³/mol. The molecule has 0 saturated carbocycles. The molecule has 0 amide bonds. The Kier molecular flexibility index (Phi) is 3.65. The number of imidazole rings is 2. The van der Waals surface area contributed by atoms with E-state index in [4.69, 9.17) is 0 Å². The predicted octanol–water partition coefficient (Wildman–Crippen LogP) is 7.95. The summed E-state index contributed by atoms with van der Waals surface area (Å²) < 4.78 is 31.6. The van der Waals surface area contributed by atoms with E-state index in [0.29, 0.717) is 49.5 Å². The van der Waals surface area contributed by atoms with Crippen LogP contribution in [0.4, 0.5) is 8.78 Å². The Bertz CT molecular complexity index is 3220. The molecule has 11 rings (SSSR count). The van der Waals surface area contributed by atoms with Gasteiger partial charge in [-0.2, -0.15) is 0 Å². The molecule has 2 N–H and O–H groups in total. The van der Waals surface area contributed by atoms with Gasteiger partial charge in [-0.25, -0.2) is 8.78 Å². The highest BCUT2D eigenvalue weighted by molar-refractivity contribution is 6.43. The monoisotopic (exact) mass is 574 g/mol. The van der Waals surface area contributed by atoms with Gasteiger partial charge in [0.25, 0.3) is 11.1 Å². The molecule has 8 heteroatoms. The fourth-order valence-electron chi connectivity index (χ4n) is 7.93. The minimum absolute atomic E-state index is 0.195. The van der Waals surface area contributed by atoms with Crippen LogP contribution in [0.15, 0.2) is 94.5 Å². The van der Waals surface area contributed by atoms with Gasteiger partial charge in [-0.15, -0.1) is 0 Å². The van der Waals surface area contributed by atoms with Crippen LogP contribution < -0.4 is 11.1 Å². The first-order chi connectivity index (χ1) is 21.5. The van der Waals surface area contributed by atoms with Crippen LogP contribution in [0.1, 0.15) is 0 Å². The zero-order valence-corrected chi connectivity index (χ0v) is 22.5. The zero-order valence-electron chi connectivity index (χ0n) is 22.5. The molecule has 44 heavy (non-hydrogen) atoms. The molecule has 0 spiro atoms. The molecule has 0 aliphatic rings. The third kappa shape index (κ3) is 2.38. The molecule has 0 aliphatic carbocycles. The van der Waals surface area contributed by atoms with Crippen molar-refractivity contribution in [2.24, 2.45) is 0 Å². The second kappa shape index (κ2) is 7.12. The maximum atomic E-state index is 14.4. The van der Waals surface area contributed by atoms with Gasteiger partial charge in [-0.1, -0.05) is 36.4 Å². The van der Waals surface area contributed by atoms with Crippen LogP contribution in [0, 0.1) is 11.6 Å².